The van der Waals surface area contributed by atoms with Gasteiger partial charge in [0.15, 0.2) is 0 Å². The first-order valence-electron chi connectivity index (χ1n) is 10.7. The molecule has 0 bridgehead atoms. The Morgan fingerprint density at radius 2 is 1.85 bits per heavy atom. The lowest BCUT2D eigenvalue weighted by atomic mass is 9.97. The number of benzene rings is 1. The molecule has 6 nitrogen and oxygen atoms in total. The van der Waals surface area contributed by atoms with Gasteiger partial charge in [0.1, 0.15) is 5.82 Å². The van der Waals surface area contributed by atoms with E-state index in [0.29, 0.717) is 22.9 Å². The highest BCUT2D eigenvalue weighted by molar-refractivity contribution is 6.34. The van der Waals surface area contributed by atoms with E-state index in [2.05, 4.69) is 26.7 Å². The highest BCUT2D eigenvalue weighted by Gasteiger charge is 2.17. The number of nitrogens with zero attached hydrogens (tertiary/aromatic N) is 4. The summed E-state index contributed by atoms with van der Waals surface area (Å²) in [6.07, 6.45) is 4.26. The van der Waals surface area contributed by atoms with Gasteiger partial charge in [-0.3, -0.25) is 9.78 Å². The third-order valence-electron chi connectivity index (χ3n) is 5.21. The van der Waals surface area contributed by atoms with Crippen molar-refractivity contribution in [2.45, 2.75) is 13.3 Å². The van der Waals surface area contributed by atoms with Crippen LogP contribution in [0.2, 0.25) is 5.02 Å². The number of hydrogen-bond acceptors (Lipinski definition) is 5. The maximum atomic E-state index is 13.1. The summed E-state index contributed by atoms with van der Waals surface area (Å²) < 4.78 is 0. The highest BCUT2D eigenvalue weighted by Crippen LogP contribution is 2.29. The topological polar surface area (TPSA) is 75.4 Å². The van der Waals surface area contributed by atoms with Gasteiger partial charge in [0.05, 0.1) is 21.8 Å². The molecule has 0 aliphatic rings. The van der Waals surface area contributed by atoms with Gasteiger partial charge in [0.25, 0.3) is 5.91 Å². The first-order valence-corrected chi connectivity index (χ1v) is 11.0. The van der Waals surface area contributed by atoms with Crippen molar-refractivity contribution in [1.82, 2.24) is 19.8 Å². The van der Waals surface area contributed by atoms with Crippen LogP contribution in [0.25, 0.3) is 11.1 Å². The van der Waals surface area contributed by atoms with Crippen LogP contribution in [0, 0.1) is 18.8 Å². The number of amides is 1. The molecule has 0 fully saturated rings. The summed E-state index contributed by atoms with van der Waals surface area (Å²) in [5, 5.41) is 0.426. The standard InChI is InChI=1S/C26H28ClN5O/c1-18-21(9-6-19-7-11-25(28)30-17-19)22(12-13-29-18)20-8-10-24(27)23(16-20)26(33)32(4)15-5-14-31(2)3/h7-8,10-13,16-17H,5,14-15H2,1-4H3,(H2,28,30). The minimum atomic E-state index is -0.105. The average Bonchev–Trinajstić information content (AvgIpc) is 2.79. The lowest BCUT2D eigenvalue weighted by Gasteiger charge is -2.20. The van der Waals surface area contributed by atoms with Gasteiger partial charge in [-0.25, -0.2) is 4.98 Å². The summed E-state index contributed by atoms with van der Waals surface area (Å²) in [7, 11) is 5.83. The molecule has 2 aromatic heterocycles. The Hall–Kier alpha value is -3.40. The van der Waals surface area contributed by atoms with Gasteiger partial charge < -0.3 is 15.5 Å². The molecule has 0 aliphatic carbocycles. The van der Waals surface area contributed by atoms with E-state index in [-0.39, 0.29) is 5.91 Å². The second kappa shape index (κ2) is 11.0. The van der Waals surface area contributed by atoms with Crippen molar-refractivity contribution < 1.29 is 4.79 Å². The normalized spacial score (nSPS) is 10.6. The molecule has 2 N–H and O–H groups in total. The van der Waals surface area contributed by atoms with Gasteiger partial charge in [-0.05, 0) is 69.9 Å². The molecule has 3 aromatic rings. The van der Waals surface area contributed by atoms with Crippen LogP contribution in [0.3, 0.4) is 0 Å². The number of anilines is 1. The van der Waals surface area contributed by atoms with E-state index in [0.717, 1.165) is 40.9 Å². The van der Waals surface area contributed by atoms with E-state index in [1.54, 1.807) is 36.5 Å². The fourth-order valence-corrected chi connectivity index (χ4v) is 3.57. The second-order valence-corrected chi connectivity index (χ2v) is 8.53. The van der Waals surface area contributed by atoms with Crippen LogP contribution in [-0.4, -0.2) is 59.9 Å². The molecule has 1 amide bonds. The lowest BCUT2D eigenvalue weighted by molar-refractivity contribution is 0.0791. The first-order chi connectivity index (χ1) is 15.8. The van der Waals surface area contributed by atoms with Gasteiger partial charge in [-0.2, -0.15) is 0 Å². The number of nitrogens with two attached hydrogens (primary N) is 1. The summed E-state index contributed by atoms with van der Waals surface area (Å²) in [5.41, 5.74) is 10.2. The quantitative estimate of drug-likeness (QED) is 0.559. The molecule has 33 heavy (non-hydrogen) atoms. The predicted octanol–water partition coefficient (Wildman–Crippen LogP) is 4.11. The summed E-state index contributed by atoms with van der Waals surface area (Å²) in [6, 6.07) is 10.9. The number of hydrogen-bond donors (Lipinski definition) is 1. The highest BCUT2D eigenvalue weighted by atomic mass is 35.5. The van der Waals surface area contributed by atoms with Crippen molar-refractivity contribution >= 4 is 23.3 Å². The van der Waals surface area contributed by atoms with E-state index in [4.69, 9.17) is 17.3 Å². The van der Waals surface area contributed by atoms with Gasteiger partial charge in [-0.1, -0.05) is 29.5 Å². The van der Waals surface area contributed by atoms with Crippen LogP contribution in [-0.2, 0) is 0 Å². The molecular formula is C26H28ClN5O. The van der Waals surface area contributed by atoms with Crippen LogP contribution in [0.4, 0.5) is 5.82 Å². The van der Waals surface area contributed by atoms with Crippen molar-refractivity contribution in [3.63, 3.8) is 0 Å². The number of halogens is 1. The maximum absolute atomic E-state index is 13.1. The molecule has 2 heterocycles. The minimum Gasteiger partial charge on any atom is -0.384 e. The van der Waals surface area contributed by atoms with Gasteiger partial charge in [0.2, 0.25) is 0 Å². The van der Waals surface area contributed by atoms with E-state index >= 15 is 0 Å². The van der Waals surface area contributed by atoms with Crippen LogP contribution in [0.5, 0.6) is 0 Å². The van der Waals surface area contributed by atoms with Crippen LogP contribution >= 0.6 is 11.6 Å². The molecule has 3 rings (SSSR count). The van der Waals surface area contributed by atoms with Crippen molar-refractivity contribution in [1.29, 1.82) is 0 Å². The van der Waals surface area contributed by atoms with Gasteiger partial charge in [0, 0.05) is 37.1 Å². The summed E-state index contributed by atoms with van der Waals surface area (Å²) in [6.45, 7) is 3.47. The van der Waals surface area contributed by atoms with Crippen molar-refractivity contribution in [2.75, 3.05) is 40.0 Å². The molecular weight excluding hydrogens is 434 g/mol. The number of aromatic nitrogens is 2. The monoisotopic (exact) mass is 461 g/mol. The molecule has 0 spiro atoms. The zero-order valence-corrected chi connectivity index (χ0v) is 20.1. The molecule has 0 radical (unpaired) electrons. The van der Waals surface area contributed by atoms with E-state index in [9.17, 15) is 4.79 Å². The third kappa shape index (κ3) is 6.32. The molecule has 0 saturated heterocycles. The van der Waals surface area contributed by atoms with Gasteiger partial charge in [-0.15, -0.1) is 0 Å². The number of pyridine rings is 2. The number of carbonyl (C=O) groups excluding carboxylic acids is 1. The Kier molecular flexibility index (Phi) is 8.05. The number of carbonyl (C=O) groups is 1. The molecule has 7 heteroatoms. The van der Waals surface area contributed by atoms with Crippen molar-refractivity contribution in [3.8, 4) is 23.0 Å². The Morgan fingerprint density at radius 3 is 2.55 bits per heavy atom. The van der Waals surface area contributed by atoms with E-state index < -0.39 is 0 Å². The molecule has 0 unspecified atom stereocenters. The predicted molar refractivity (Wildman–Crippen MR) is 134 cm³/mol. The largest absolute Gasteiger partial charge is 0.384 e. The summed E-state index contributed by atoms with van der Waals surface area (Å²) in [5.74, 6) is 6.68. The van der Waals surface area contributed by atoms with E-state index in [1.165, 1.54) is 0 Å². The van der Waals surface area contributed by atoms with Gasteiger partial charge >= 0.3 is 0 Å². The summed E-state index contributed by atoms with van der Waals surface area (Å²) >= 11 is 6.42. The van der Waals surface area contributed by atoms with Crippen LogP contribution in [0.1, 0.15) is 33.6 Å². The fourth-order valence-electron chi connectivity index (χ4n) is 3.37. The van der Waals surface area contributed by atoms with Crippen LogP contribution in [0.15, 0.2) is 48.8 Å². The Balaban J connectivity index is 1.94. The maximum Gasteiger partial charge on any atom is 0.255 e. The minimum absolute atomic E-state index is 0.105. The number of nitrogen functional groups attached to an aromatic ring is 1. The average molecular weight is 462 g/mol. The molecule has 170 valence electrons. The zero-order chi connectivity index (χ0) is 24.0. The third-order valence-corrected chi connectivity index (χ3v) is 5.54. The van der Waals surface area contributed by atoms with E-state index in [1.807, 2.05) is 45.3 Å². The molecule has 1 aromatic carbocycles. The SMILES string of the molecule is Cc1nccc(-c2ccc(Cl)c(C(=O)N(C)CCCN(C)C)c2)c1C#Cc1ccc(N)nc1. The smallest absolute Gasteiger partial charge is 0.255 e. The van der Waals surface area contributed by atoms with Crippen LogP contribution < -0.4 is 5.73 Å². The summed E-state index contributed by atoms with van der Waals surface area (Å²) in [4.78, 5) is 25.4. The van der Waals surface area contributed by atoms with Crippen molar-refractivity contribution in [3.05, 3.63) is 76.2 Å². The zero-order valence-electron chi connectivity index (χ0n) is 19.4. The Labute approximate surface area is 200 Å². The Bertz CT molecular complexity index is 1200. The fraction of sp³-hybridized carbons (Fsp3) is 0.269. The molecule has 0 aliphatic heterocycles. The number of rotatable bonds is 6. The Morgan fingerprint density at radius 1 is 1.06 bits per heavy atom. The van der Waals surface area contributed by atoms with Crippen molar-refractivity contribution in [2.24, 2.45) is 0 Å². The second-order valence-electron chi connectivity index (χ2n) is 8.12. The first kappa shape index (κ1) is 24.2. The molecule has 0 saturated carbocycles. The molecule has 0 atom stereocenters. The number of aryl methyl sites for hydroxylation is 1. The lowest BCUT2D eigenvalue weighted by Crippen LogP contribution is -2.30.